The number of alkyl halides is 3. The van der Waals surface area contributed by atoms with Crippen LogP contribution in [0.25, 0.3) is 0 Å². The van der Waals surface area contributed by atoms with E-state index in [9.17, 15) is 13.2 Å². The van der Waals surface area contributed by atoms with E-state index in [0.29, 0.717) is 11.4 Å². The summed E-state index contributed by atoms with van der Waals surface area (Å²) in [6, 6.07) is 0.0724. The highest BCUT2D eigenvalue weighted by molar-refractivity contribution is 5.58. The molecule has 0 amide bonds. The first-order valence-corrected chi connectivity index (χ1v) is 8.31. The van der Waals surface area contributed by atoms with Crippen molar-refractivity contribution in [3.8, 4) is 0 Å². The van der Waals surface area contributed by atoms with Gasteiger partial charge in [0, 0.05) is 26.0 Å². The fourth-order valence-electron chi connectivity index (χ4n) is 3.20. The third-order valence-corrected chi connectivity index (χ3v) is 4.54. The molecule has 4 heterocycles. The van der Waals surface area contributed by atoms with Crippen LogP contribution in [0.1, 0.15) is 29.4 Å². The van der Waals surface area contributed by atoms with Crippen molar-refractivity contribution < 1.29 is 13.2 Å². The molecule has 3 aromatic rings. The summed E-state index contributed by atoms with van der Waals surface area (Å²) in [6.45, 7) is 2.68. The van der Waals surface area contributed by atoms with E-state index >= 15 is 0 Å². The molecule has 0 radical (unpaired) electrons. The average molecular weight is 378 g/mol. The maximum Gasteiger partial charge on any atom is 0.421 e. The lowest BCUT2D eigenvalue weighted by atomic mass is 10.2. The minimum Gasteiger partial charge on any atom is -0.372 e. The number of imidazole rings is 1. The van der Waals surface area contributed by atoms with Gasteiger partial charge in [-0.2, -0.15) is 23.3 Å². The van der Waals surface area contributed by atoms with E-state index in [1.54, 1.807) is 6.33 Å². The molecule has 0 bridgehead atoms. The Balaban J connectivity index is 1.60. The Morgan fingerprint density at radius 1 is 1.26 bits per heavy atom. The maximum absolute atomic E-state index is 13.0. The Morgan fingerprint density at radius 2 is 2.07 bits per heavy atom. The monoisotopic (exact) mass is 378 g/mol. The summed E-state index contributed by atoms with van der Waals surface area (Å²) in [5.41, 5.74) is 1.49. The molecular formula is C16H17F3N8. The molecule has 3 aromatic heterocycles. The van der Waals surface area contributed by atoms with Gasteiger partial charge in [0.2, 0.25) is 5.95 Å². The number of hydrogen-bond donors (Lipinski definition) is 2. The van der Waals surface area contributed by atoms with Gasteiger partial charge in [0.25, 0.3) is 0 Å². The van der Waals surface area contributed by atoms with Crippen molar-refractivity contribution in [2.45, 2.75) is 32.1 Å². The third-order valence-electron chi connectivity index (χ3n) is 4.54. The SMILES string of the molecule is CNc1nc(Nc2cn(C3CCn4cncc43)nc2C)ncc1C(F)(F)F. The molecule has 0 spiro atoms. The summed E-state index contributed by atoms with van der Waals surface area (Å²) >= 11 is 0. The zero-order valence-electron chi connectivity index (χ0n) is 14.6. The fourth-order valence-corrected chi connectivity index (χ4v) is 3.20. The van der Waals surface area contributed by atoms with Gasteiger partial charge in [0.1, 0.15) is 11.4 Å². The Morgan fingerprint density at radius 3 is 2.81 bits per heavy atom. The summed E-state index contributed by atoms with van der Waals surface area (Å²) in [4.78, 5) is 11.9. The lowest BCUT2D eigenvalue weighted by Gasteiger charge is -2.12. The molecule has 4 rings (SSSR count). The van der Waals surface area contributed by atoms with Crippen LogP contribution in [0, 0.1) is 6.92 Å². The summed E-state index contributed by atoms with van der Waals surface area (Å²) in [7, 11) is 1.38. The van der Waals surface area contributed by atoms with Gasteiger partial charge in [-0.05, 0) is 13.3 Å². The van der Waals surface area contributed by atoms with E-state index in [1.807, 2.05) is 24.0 Å². The molecule has 142 valence electrons. The van der Waals surface area contributed by atoms with Crippen LogP contribution >= 0.6 is 0 Å². The average Bonchev–Trinajstić information content (AvgIpc) is 3.30. The number of aromatic nitrogens is 6. The van der Waals surface area contributed by atoms with E-state index in [4.69, 9.17) is 0 Å². The molecule has 0 aromatic carbocycles. The van der Waals surface area contributed by atoms with Crippen molar-refractivity contribution in [1.82, 2.24) is 29.3 Å². The van der Waals surface area contributed by atoms with Crippen LogP contribution in [-0.2, 0) is 12.7 Å². The Kier molecular flexibility index (Phi) is 4.01. The molecule has 0 saturated carbocycles. The van der Waals surface area contributed by atoms with Crippen LogP contribution in [0.4, 0.5) is 30.6 Å². The van der Waals surface area contributed by atoms with E-state index in [-0.39, 0.29) is 17.8 Å². The Bertz CT molecular complexity index is 974. The number of rotatable bonds is 4. The van der Waals surface area contributed by atoms with E-state index < -0.39 is 11.7 Å². The van der Waals surface area contributed by atoms with Gasteiger partial charge < -0.3 is 15.2 Å². The maximum atomic E-state index is 13.0. The molecule has 1 aliphatic rings. The molecule has 0 saturated heterocycles. The predicted octanol–water partition coefficient (Wildman–Crippen LogP) is 2.98. The second-order valence-electron chi connectivity index (χ2n) is 6.25. The molecule has 8 nitrogen and oxygen atoms in total. The lowest BCUT2D eigenvalue weighted by Crippen LogP contribution is -2.12. The first-order chi connectivity index (χ1) is 12.9. The van der Waals surface area contributed by atoms with Gasteiger partial charge in [-0.15, -0.1) is 0 Å². The molecule has 1 unspecified atom stereocenters. The normalized spacial score (nSPS) is 16.4. The van der Waals surface area contributed by atoms with E-state index in [2.05, 4.69) is 35.3 Å². The number of anilines is 3. The van der Waals surface area contributed by atoms with E-state index in [0.717, 1.165) is 24.9 Å². The third kappa shape index (κ3) is 3.09. The van der Waals surface area contributed by atoms with Crippen molar-refractivity contribution >= 4 is 17.5 Å². The first-order valence-electron chi connectivity index (χ1n) is 8.31. The van der Waals surface area contributed by atoms with Gasteiger partial charge in [-0.3, -0.25) is 4.68 Å². The first kappa shape index (κ1) is 17.3. The molecule has 27 heavy (non-hydrogen) atoms. The molecule has 0 fully saturated rings. The van der Waals surface area contributed by atoms with Crippen molar-refractivity contribution in [1.29, 1.82) is 0 Å². The van der Waals surface area contributed by atoms with Crippen molar-refractivity contribution in [2.24, 2.45) is 0 Å². The summed E-state index contributed by atoms with van der Waals surface area (Å²) in [5, 5.41) is 9.94. The van der Waals surface area contributed by atoms with Crippen LogP contribution in [0.5, 0.6) is 0 Å². The fraction of sp³-hybridized carbons (Fsp3) is 0.375. The highest BCUT2D eigenvalue weighted by Crippen LogP contribution is 2.34. The molecular weight excluding hydrogens is 361 g/mol. The van der Waals surface area contributed by atoms with Gasteiger partial charge in [-0.25, -0.2) is 9.97 Å². The standard InChI is InChI=1S/C16H17F3N8/c1-9-11(7-27(25-9)12-3-4-26-8-21-6-13(12)26)23-15-22-5-10(16(17,18)19)14(20-2)24-15/h5-8,12H,3-4H2,1-2H3,(H2,20,22,23,24). The topological polar surface area (TPSA) is 85.5 Å². The van der Waals surface area contributed by atoms with Crippen LogP contribution in [-0.4, -0.2) is 36.3 Å². The predicted molar refractivity (Wildman–Crippen MR) is 91.8 cm³/mol. The van der Waals surface area contributed by atoms with E-state index in [1.165, 1.54) is 7.05 Å². The molecule has 0 aliphatic carbocycles. The number of nitrogens with one attached hydrogen (secondary N) is 2. The quantitative estimate of drug-likeness (QED) is 0.726. The molecule has 1 atom stereocenters. The van der Waals surface area contributed by atoms with Gasteiger partial charge >= 0.3 is 6.18 Å². The van der Waals surface area contributed by atoms with Crippen LogP contribution < -0.4 is 10.6 Å². The summed E-state index contributed by atoms with van der Waals surface area (Å²) in [5.74, 6) is -0.226. The van der Waals surface area contributed by atoms with Crippen LogP contribution in [0.15, 0.2) is 24.9 Å². The van der Waals surface area contributed by atoms with Crippen LogP contribution in [0.2, 0.25) is 0 Å². The number of aryl methyl sites for hydroxylation is 2. The largest absolute Gasteiger partial charge is 0.421 e. The van der Waals surface area contributed by atoms with Crippen molar-refractivity contribution in [3.63, 3.8) is 0 Å². The Labute approximate surface area is 152 Å². The number of nitrogens with zero attached hydrogens (tertiary/aromatic N) is 6. The Hall–Kier alpha value is -3.11. The van der Waals surface area contributed by atoms with Crippen molar-refractivity contribution in [2.75, 3.05) is 17.7 Å². The summed E-state index contributed by atoms with van der Waals surface area (Å²) < 4.78 is 42.8. The molecule has 2 N–H and O–H groups in total. The number of fused-ring (bicyclic) bond motifs is 1. The summed E-state index contributed by atoms with van der Waals surface area (Å²) in [6.07, 6.45) is 2.56. The minimum atomic E-state index is -4.52. The zero-order chi connectivity index (χ0) is 19.2. The second-order valence-corrected chi connectivity index (χ2v) is 6.25. The number of halogens is 3. The zero-order valence-corrected chi connectivity index (χ0v) is 14.6. The minimum absolute atomic E-state index is 0.0615. The van der Waals surface area contributed by atoms with Crippen LogP contribution in [0.3, 0.4) is 0 Å². The molecule has 1 aliphatic heterocycles. The highest BCUT2D eigenvalue weighted by atomic mass is 19.4. The smallest absolute Gasteiger partial charge is 0.372 e. The highest BCUT2D eigenvalue weighted by Gasteiger charge is 2.35. The lowest BCUT2D eigenvalue weighted by molar-refractivity contribution is -0.137. The van der Waals surface area contributed by atoms with Gasteiger partial charge in [0.05, 0.1) is 35.6 Å². The molecule has 11 heteroatoms. The second kappa shape index (κ2) is 6.25. The van der Waals surface area contributed by atoms with Crippen molar-refractivity contribution in [3.05, 3.63) is 41.9 Å². The number of hydrogen-bond acceptors (Lipinski definition) is 6. The van der Waals surface area contributed by atoms with Gasteiger partial charge in [0.15, 0.2) is 0 Å². The van der Waals surface area contributed by atoms with Gasteiger partial charge in [-0.1, -0.05) is 0 Å².